The highest BCUT2D eigenvalue weighted by atomic mass is 16.4. The van der Waals surface area contributed by atoms with Crippen molar-refractivity contribution in [2.24, 2.45) is 5.92 Å². The molecule has 3 rings (SSSR count). The van der Waals surface area contributed by atoms with Gasteiger partial charge < -0.3 is 10.0 Å². The first kappa shape index (κ1) is 11.0. The molecule has 0 saturated carbocycles. The fourth-order valence-corrected chi connectivity index (χ4v) is 2.39. The minimum Gasteiger partial charge on any atom is -0.481 e. The zero-order valence-corrected chi connectivity index (χ0v) is 10.1. The molecule has 1 aliphatic heterocycles. The summed E-state index contributed by atoms with van der Waals surface area (Å²) in [5, 5.41) is 13.1. The summed E-state index contributed by atoms with van der Waals surface area (Å²) in [5.41, 5.74) is 1.93. The van der Waals surface area contributed by atoms with Crippen molar-refractivity contribution in [2.75, 3.05) is 18.0 Å². The molecule has 18 heavy (non-hydrogen) atoms. The van der Waals surface area contributed by atoms with Crippen LogP contribution in [-0.2, 0) is 4.79 Å². The van der Waals surface area contributed by atoms with Crippen LogP contribution in [0.2, 0.25) is 0 Å². The maximum atomic E-state index is 10.6. The molecular formula is C12H14N4O2. The molecule has 0 aliphatic carbocycles. The number of carboxylic acids is 1. The van der Waals surface area contributed by atoms with Crippen molar-refractivity contribution >= 4 is 17.3 Å². The molecule has 0 spiro atoms. The van der Waals surface area contributed by atoms with Crippen molar-refractivity contribution in [2.45, 2.75) is 13.3 Å². The topological polar surface area (TPSA) is 70.7 Å². The third-order valence-corrected chi connectivity index (χ3v) is 3.21. The second kappa shape index (κ2) is 3.97. The molecule has 0 aromatic carbocycles. The van der Waals surface area contributed by atoms with E-state index in [0.29, 0.717) is 0 Å². The number of nitrogens with zero attached hydrogens (tertiary/aromatic N) is 4. The lowest BCUT2D eigenvalue weighted by atomic mass is 9.96. The molecule has 1 aliphatic rings. The molecule has 0 amide bonds. The number of hydrogen-bond donors (Lipinski definition) is 1. The van der Waals surface area contributed by atoms with E-state index in [1.165, 1.54) is 0 Å². The molecular weight excluding hydrogens is 232 g/mol. The zero-order valence-electron chi connectivity index (χ0n) is 10.1. The van der Waals surface area contributed by atoms with Crippen molar-refractivity contribution in [1.82, 2.24) is 14.6 Å². The highest BCUT2D eigenvalue weighted by Crippen LogP contribution is 2.28. The van der Waals surface area contributed by atoms with Gasteiger partial charge in [-0.25, -0.2) is 9.50 Å². The number of fused-ring (bicyclic) bond motifs is 1. The van der Waals surface area contributed by atoms with E-state index < -0.39 is 5.97 Å². The second-order valence-corrected chi connectivity index (χ2v) is 4.74. The summed E-state index contributed by atoms with van der Waals surface area (Å²) in [7, 11) is 0. The van der Waals surface area contributed by atoms with Gasteiger partial charge in [-0.05, 0) is 13.0 Å². The van der Waals surface area contributed by atoms with Crippen LogP contribution in [0.25, 0.3) is 5.52 Å². The van der Waals surface area contributed by atoms with Crippen LogP contribution in [0.15, 0.2) is 18.5 Å². The Hall–Kier alpha value is -2.11. The average molecular weight is 246 g/mol. The summed E-state index contributed by atoms with van der Waals surface area (Å²) in [6.45, 7) is 3.45. The lowest BCUT2D eigenvalue weighted by Gasteiger charge is -2.39. The summed E-state index contributed by atoms with van der Waals surface area (Å²) >= 11 is 0. The van der Waals surface area contributed by atoms with E-state index in [9.17, 15) is 4.79 Å². The Morgan fingerprint density at radius 1 is 1.56 bits per heavy atom. The second-order valence-electron chi connectivity index (χ2n) is 4.74. The van der Waals surface area contributed by atoms with E-state index >= 15 is 0 Å². The van der Waals surface area contributed by atoms with Crippen molar-refractivity contribution in [1.29, 1.82) is 0 Å². The summed E-state index contributed by atoms with van der Waals surface area (Å²) in [5.74, 6) is 0.388. The quantitative estimate of drug-likeness (QED) is 0.873. The fourth-order valence-electron chi connectivity index (χ4n) is 2.39. The lowest BCUT2D eigenvalue weighted by Crippen LogP contribution is -2.48. The standard InChI is InChI=1S/C12H14N4O2/c1-8-4-10-12(13-2-3-16(10)14-8)15-6-9(7-15)5-11(17)18/h2-4,9H,5-7H2,1H3,(H,17,18). The largest absolute Gasteiger partial charge is 0.481 e. The molecule has 1 N–H and O–H groups in total. The van der Waals surface area contributed by atoms with E-state index in [0.717, 1.165) is 30.1 Å². The number of carboxylic acid groups (broad SMARTS) is 1. The Balaban J connectivity index is 1.82. The summed E-state index contributed by atoms with van der Waals surface area (Å²) in [6, 6.07) is 1.99. The maximum absolute atomic E-state index is 10.6. The summed E-state index contributed by atoms with van der Waals surface area (Å²) in [4.78, 5) is 17.1. The van der Waals surface area contributed by atoms with E-state index in [-0.39, 0.29) is 12.3 Å². The van der Waals surface area contributed by atoms with E-state index in [4.69, 9.17) is 5.11 Å². The van der Waals surface area contributed by atoms with Gasteiger partial charge in [0.05, 0.1) is 12.1 Å². The minimum atomic E-state index is -0.731. The van der Waals surface area contributed by atoms with Crippen LogP contribution in [0.4, 0.5) is 5.82 Å². The Kier molecular flexibility index (Phi) is 2.43. The normalized spacial score (nSPS) is 15.9. The van der Waals surface area contributed by atoms with Crippen LogP contribution in [0.3, 0.4) is 0 Å². The summed E-state index contributed by atoms with van der Waals surface area (Å²) < 4.78 is 1.81. The van der Waals surface area contributed by atoms with E-state index in [2.05, 4.69) is 15.0 Å². The Labute approximate surface area is 104 Å². The highest BCUT2D eigenvalue weighted by Gasteiger charge is 2.30. The number of aromatic nitrogens is 3. The van der Waals surface area contributed by atoms with Gasteiger partial charge >= 0.3 is 5.97 Å². The average Bonchev–Trinajstić information content (AvgIpc) is 2.62. The minimum absolute atomic E-state index is 0.230. The number of hydrogen-bond acceptors (Lipinski definition) is 4. The SMILES string of the molecule is Cc1cc2c(N3CC(CC(=O)O)C3)nccn2n1. The van der Waals surface area contributed by atoms with Crippen molar-refractivity contribution in [3.05, 3.63) is 24.2 Å². The van der Waals surface area contributed by atoms with Gasteiger partial charge in [0.15, 0.2) is 5.82 Å². The van der Waals surface area contributed by atoms with Crippen LogP contribution >= 0.6 is 0 Å². The Bertz CT molecular complexity index is 601. The molecule has 0 unspecified atom stereocenters. The smallest absolute Gasteiger partial charge is 0.303 e. The number of rotatable bonds is 3. The number of carbonyl (C=O) groups is 1. The first-order valence-electron chi connectivity index (χ1n) is 5.91. The van der Waals surface area contributed by atoms with Crippen molar-refractivity contribution in [3.63, 3.8) is 0 Å². The van der Waals surface area contributed by atoms with Gasteiger partial charge in [-0.15, -0.1) is 0 Å². The molecule has 0 atom stereocenters. The van der Waals surface area contributed by atoms with Gasteiger partial charge in [-0.1, -0.05) is 0 Å². The zero-order chi connectivity index (χ0) is 12.7. The molecule has 6 nitrogen and oxygen atoms in total. The Morgan fingerprint density at radius 3 is 3.06 bits per heavy atom. The molecule has 1 saturated heterocycles. The summed E-state index contributed by atoms with van der Waals surface area (Å²) in [6.07, 6.45) is 3.78. The van der Waals surface area contributed by atoms with Gasteiger partial charge in [-0.3, -0.25) is 4.79 Å². The molecule has 2 aromatic rings. The van der Waals surface area contributed by atoms with Crippen LogP contribution < -0.4 is 4.90 Å². The first-order chi connectivity index (χ1) is 8.63. The molecule has 0 radical (unpaired) electrons. The molecule has 0 bridgehead atoms. The van der Waals surface area contributed by atoms with Gasteiger partial charge in [0.1, 0.15) is 5.52 Å². The third kappa shape index (κ3) is 1.79. The maximum Gasteiger partial charge on any atom is 0.303 e. The highest BCUT2D eigenvalue weighted by molar-refractivity contribution is 5.71. The molecule has 3 heterocycles. The monoisotopic (exact) mass is 246 g/mol. The Morgan fingerprint density at radius 2 is 2.33 bits per heavy atom. The van der Waals surface area contributed by atoms with Crippen molar-refractivity contribution < 1.29 is 9.90 Å². The fraction of sp³-hybridized carbons (Fsp3) is 0.417. The van der Waals surface area contributed by atoms with Crippen LogP contribution in [-0.4, -0.2) is 38.8 Å². The third-order valence-electron chi connectivity index (χ3n) is 3.21. The number of aliphatic carboxylic acids is 1. The van der Waals surface area contributed by atoms with Crippen LogP contribution in [0.5, 0.6) is 0 Å². The van der Waals surface area contributed by atoms with Gasteiger partial charge in [-0.2, -0.15) is 5.10 Å². The van der Waals surface area contributed by atoms with Crippen LogP contribution in [0.1, 0.15) is 12.1 Å². The predicted molar refractivity (Wildman–Crippen MR) is 65.7 cm³/mol. The first-order valence-corrected chi connectivity index (χ1v) is 5.91. The van der Waals surface area contributed by atoms with Gasteiger partial charge in [0, 0.05) is 31.4 Å². The lowest BCUT2D eigenvalue weighted by molar-refractivity contribution is -0.138. The molecule has 6 heteroatoms. The van der Waals surface area contributed by atoms with Gasteiger partial charge in [0.2, 0.25) is 0 Å². The number of anilines is 1. The van der Waals surface area contributed by atoms with E-state index in [1.54, 1.807) is 6.20 Å². The molecule has 2 aromatic heterocycles. The van der Waals surface area contributed by atoms with Crippen LogP contribution in [0, 0.1) is 12.8 Å². The number of aryl methyl sites for hydroxylation is 1. The van der Waals surface area contributed by atoms with Crippen molar-refractivity contribution in [3.8, 4) is 0 Å². The molecule has 1 fully saturated rings. The van der Waals surface area contributed by atoms with E-state index in [1.807, 2.05) is 23.7 Å². The predicted octanol–water partition coefficient (Wildman–Crippen LogP) is 0.949. The molecule has 94 valence electrons. The van der Waals surface area contributed by atoms with Gasteiger partial charge in [0.25, 0.3) is 0 Å².